The highest BCUT2D eigenvalue weighted by Crippen LogP contribution is 2.24. The van der Waals surface area contributed by atoms with E-state index in [1.807, 2.05) is 42.2 Å². The molecule has 1 atom stereocenters. The lowest BCUT2D eigenvalue weighted by Gasteiger charge is -2.35. The summed E-state index contributed by atoms with van der Waals surface area (Å²) in [5.41, 5.74) is 2.31. The number of aromatic nitrogens is 2. The van der Waals surface area contributed by atoms with Gasteiger partial charge in [-0.05, 0) is 44.7 Å². The molecule has 1 aliphatic rings. The summed E-state index contributed by atoms with van der Waals surface area (Å²) < 4.78 is 1.77. The van der Waals surface area contributed by atoms with E-state index in [0.717, 1.165) is 30.6 Å². The number of carbonyl (C=O) groups excluding carboxylic acids is 1. The Bertz CT molecular complexity index is 755. The van der Waals surface area contributed by atoms with Crippen LogP contribution in [0, 0.1) is 6.92 Å². The lowest BCUT2D eigenvalue weighted by molar-refractivity contribution is -0.137. The van der Waals surface area contributed by atoms with Crippen molar-refractivity contribution in [1.29, 1.82) is 0 Å². The first-order valence-electron chi connectivity index (χ1n) is 8.70. The molecule has 0 spiro atoms. The van der Waals surface area contributed by atoms with Crippen LogP contribution in [0.15, 0.2) is 36.5 Å². The molecule has 1 amide bonds. The van der Waals surface area contributed by atoms with Gasteiger partial charge in [0.1, 0.15) is 0 Å². The first kappa shape index (κ1) is 17.2. The van der Waals surface area contributed by atoms with Crippen LogP contribution in [0.2, 0.25) is 0 Å². The monoisotopic (exact) mass is 341 g/mol. The van der Waals surface area contributed by atoms with Crippen LogP contribution in [0.1, 0.15) is 48.2 Å². The van der Waals surface area contributed by atoms with E-state index in [-0.39, 0.29) is 18.4 Å². The van der Waals surface area contributed by atoms with Crippen LogP contribution >= 0.6 is 0 Å². The van der Waals surface area contributed by atoms with Gasteiger partial charge in [0, 0.05) is 19.0 Å². The minimum atomic E-state index is -0.814. The maximum atomic E-state index is 13.0. The maximum absolute atomic E-state index is 13.0. The van der Waals surface area contributed by atoms with Gasteiger partial charge in [0.15, 0.2) is 0 Å². The van der Waals surface area contributed by atoms with E-state index < -0.39 is 5.97 Å². The fourth-order valence-corrected chi connectivity index (χ4v) is 3.46. The molecule has 2 heterocycles. The Balaban J connectivity index is 1.82. The van der Waals surface area contributed by atoms with Crippen LogP contribution in [0.4, 0.5) is 0 Å². The van der Waals surface area contributed by atoms with Gasteiger partial charge in [-0.15, -0.1) is 0 Å². The Hall–Kier alpha value is -2.63. The number of aliphatic carboxylic acids is 1. The Kier molecular flexibility index (Phi) is 5.16. The van der Waals surface area contributed by atoms with Crippen LogP contribution in [0.3, 0.4) is 0 Å². The Morgan fingerprint density at radius 3 is 2.72 bits per heavy atom. The molecule has 0 radical (unpaired) electrons. The van der Waals surface area contributed by atoms with E-state index in [1.165, 1.54) is 0 Å². The molecule has 6 nitrogen and oxygen atoms in total. The second-order valence-electron chi connectivity index (χ2n) is 6.47. The molecule has 132 valence electrons. The van der Waals surface area contributed by atoms with Crippen molar-refractivity contribution < 1.29 is 14.7 Å². The molecular formula is C19H23N3O3. The summed E-state index contributed by atoms with van der Waals surface area (Å²) in [5.74, 6) is -0.860. The number of nitrogens with zero attached hydrogens (tertiary/aromatic N) is 3. The number of piperidine rings is 1. The summed E-state index contributed by atoms with van der Waals surface area (Å²) in [6.45, 7) is 2.57. The van der Waals surface area contributed by atoms with Gasteiger partial charge >= 0.3 is 5.97 Å². The topological polar surface area (TPSA) is 75.4 Å². The zero-order valence-corrected chi connectivity index (χ0v) is 14.4. The first-order valence-corrected chi connectivity index (χ1v) is 8.70. The third kappa shape index (κ3) is 3.73. The molecule has 2 aromatic rings. The second-order valence-corrected chi connectivity index (χ2v) is 6.47. The first-order chi connectivity index (χ1) is 12.1. The maximum Gasteiger partial charge on any atom is 0.303 e. The standard InChI is InChI=1S/C19H23N3O3/c1-14-17(13-20-22(14)16-8-3-2-4-9-16)19(25)21-12-6-5-7-15(21)10-11-18(23)24/h2-4,8-9,13,15H,5-7,10-12H2,1H3,(H,23,24)/t15-/m1/s1. The molecule has 0 unspecified atom stereocenters. The smallest absolute Gasteiger partial charge is 0.303 e. The zero-order chi connectivity index (χ0) is 17.8. The van der Waals surface area contributed by atoms with E-state index in [9.17, 15) is 9.59 Å². The van der Waals surface area contributed by atoms with Gasteiger partial charge < -0.3 is 10.0 Å². The minimum Gasteiger partial charge on any atom is -0.481 e. The van der Waals surface area contributed by atoms with Gasteiger partial charge in [-0.3, -0.25) is 9.59 Å². The summed E-state index contributed by atoms with van der Waals surface area (Å²) in [6, 6.07) is 9.71. The van der Waals surface area contributed by atoms with E-state index >= 15 is 0 Å². The molecule has 1 fully saturated rings. The van der Waals surface area contributed by atoms with Gasteiger partial charge in [0.05, 0.1) is 23.1 Å². The lowest BCUT2D eigenvalue weighted by atomic mass is 9.97. The summed E-state index contributed by atoms with van der Waals surface area (Å²) in [6.07, 6.45) is 5.08. The third-order valence-corrected chi connectivity index (χ3v) is 4.82. The average molecular weight is 341 g/mol. The number of carbonyl (C=O) groups is 2. The van der Waals surface area contributed by atoms with Crippen LogP contribution < -0.4 is 0 Å². The van der Waals surface area contributed by atoms with Crippen molar-refractivity contribution in [2.24, 2.45) is 0 Å². The van der Waals surface area contributed by atoms with E-state index in [2.05, 4.69) is 5.10 Å². The Morgan fingerprint density at radius 2 is 2.00 bits per heavy atom. The lowest BCUT2D eigenvalue weighted by Crippen LogP contribution is -2.44. The number of benzene rings is 1. The Morgan fingerprint density at radius 1 is 1.24 bits per heavy atom. The number of amides is 1. The number of likely N-dealkylation sites (tertiary alicyclic amines) is 1. The predicted molar refractivity (Wildman–Crippen MR) is 93.8 cm³/mol. The van der Waals surface area contributed by atoms with Crippen LogP contribution in [-0.4, -0.2) is 44.3 Å². The SMILES string of the molecule is Cc1c(C(=O)N2CCCC[C@@H]2CCC(=O)O)cnn1-c1ccccc1. The van der Waals surface area contributed by atoms with Gasteiger partial charge in [-0.2, -0.15) is 5.10 Å². The fourth-order valence-electron chi connectivity index (χ4n) is 3.46. The third-order valence-electron chi connectivity index (χ3n) is 4.82. The van der Waals surface area contributed by atoms with Gasteiger partial charge in [0.2, 0.25) is 0 Å². The van der Waals surface area contributed by atoms with Crippen molar-refractivity contribution in [3.63, 3.8) is 0 Å². The molecule has 1 aromatic heterocycles. The van der Waals surface area contributed by atoms with Crippen molar-refractivity contribution in [3.8, 4) is 5.69 Å². The van der Waals surface area contributed by atoms with Crippen LogP contribution in [0.25, 0.3) is 5.69 Å². The molecule has 1 N–H and O–H groups in total. The summed E-state index contributed by atoms with van der Waals surface area (Å²) in [4.78, 5) is 25.8. The highest BCUT2D eigenvalue weighted by Gasteiger charge is 2.29. The predicted octanol–water partition coefficient (Wildman–Crippen LogP) is 3.04. The van der Waals surface area contributed by atoms with E-state index in [0.29, 0.717) is 18.5 Å². The van der Waals surface area contributed by atoms with Crippen molar-refractivity contribution in [1.82, 2.24) is 14.7 Å². The molecule has 25 heavy (non-hydrogen) atoms. The number of carboxylic acid groups (broad SMARTS) is 1. The summed E-state index contributed by atoms with van der Waals surface area (Å²) in [7, 11) is 0. The molecule has 3 rings (SSSR count). The number of hydrogen-bond donors (Lipinski definition) is 1. The fraction of sp³-hybridized carbons (Fsp3) is 0.421. The highest BCUT2D eigenvalue weighted by atomic mass is 16.4. The number of para-hydroxylation sites is 1. The zero-order valence-electron chi connectivity index (χ0n) is 14.4. The van der Waals surface area contributed by atoms with Crippen LogP contribution in [0.5, 0.6) is 0 Å². The molecule has 0 saturated carbocycles. The average Bonchev–Trinajstić information content (AvgIpc) is 3.02. The number of carboxylic acids is 1. The largest absolute Gasteiger partial charge is 0.481 e. The van der Waals surface area contributed by atoms with Gasteiger partial charge in [-0.25, -0.2) is 4.68 Å². The molecule has 1 aromatic carbocycles. The second kappa shape index (κ2) is 7.51. The minimum absolute atomic E-state index is 0.00294. The number of hydrogen-bond acceptors (Lipinski definition) is 3. The Labute approximate surface area is 147 Å². The molecule has 1 aliphatic heterocycles. The quantitative estimate of drug-likeness (QED) is 0.907. The highest BCUT2D eigenvalue weighted by molar-refractivity contribution is 5.95. The molecule has 0 aliphatic carbocycles. The molecule has 0 bridgehead atoms. The molecular weight excluding hydrogens is 318 g/mol. The van der Waals surface area contributed by atoms with Crippen LogP contribution in [-0.2, 0) is 4.79 Å². The number of rotatable bonds is 5. The van der Waals surface area contributed by atoms with E-state index in [4.69, 9.17) is 5.11 Å². The van der Waals surface area contributed by atoms with Crippen molar-refractivity contribution in [3.05, 3.63) is 47.8 Å². The van der Waals surface area contributed by atoms with Crippen molar-refractivity contribution in [2.75, 3.05) is 6.54 Å². The van der Waals surface area contributed by atoms with Crippen molar-refractivity contribution in [2.45, 2.75) is 45.1 Å². The van der Waals surface area contributed by atoms with Gasteiger partial charge in [0.25, 0.3) is 5.91 Å². The summed E-state index contributed by atoms with van der Waals surface area (Å²) >= 11 is 0. The van der Waals surface area contributed by atoms with Gasteiger partial charge in [-0.1, -0.05) is 18.2 Å². The van der Waals surface area contributed by atoms with E-state index in [1.54, 1.807) is 10.9 Å². The normalized spacial score (nSPS) is 17.5. The molecule has 1 saturated heterocycles. The summed E-state index contributed by atoms with van der Waals surface area (Å²) in [5, 5.41) is 13.3. The van der Waals surface area contributed by atoms with Crippen molar-refractivity contribution >= 4 is 11.9 Å². The molecule has 6 heteroatoms.